The average Bonchev–Trinajstić information content (AvgIpc) is 2.66. The topological polar surface area (TPSA) is 81.1 Å². The number of nitrogens with one attached hydrogen (secondary N) is 1. The van der Waals surface area contributed by atoms with Crippen molar-refractivity contribution in [3.8, 4) is 0 Å². The molecule has 1 aromatic carbocycles. The van der Waals surface area contributed by atoms with Crippen LogP contribution in [0.4, 0.5) is 0 Å². The Morgan fingerprint density at radius 1 is 1.29 bits per heavy atom. The second-order valence-corrected chi connectivity index (χ2v) is 6.74. The fraction of sp³-hybridized carbons (Fsp3) is 0.286. The normalized spacial score (nSPS) is 11.4. The maximum atomic E-state index is 11.8. The quantitative estimate of drug-likeness (QED) is 0.921. The maximum Gasteiger partial charge on any atom is 0.264 e. The van der Waals surface area contributed by atoms with E-state index < -0.39 is 15.9 Å². The monoisotopic (exact) mass is 307 g/mol. The number of hydrogen-bond donors (Lipinski definition) is 1. The highest BCUT2D eigenvalue weighted by Crippen LogP contribution is 2.10. The molecule has 7 heteroatoms. The molecule has 0 aliphatic heterocycles. The van der Waals surface area contributed by atoms with E-state index >= 15 is 0 Å². The number of carbonyl (C=O) groups is 1. The summed E-state index contributed by atoms with van der Waals surface area (Å²) in [5, 5.41) is 4.36. The molecule has 0 bridgehead atoms. The molecular formula is C14H17N3O3S. The number of aromatic nitrogens is 2. The third-order valence-corrected chi connectivity index (χ3v) is 3.46. The summed E-state index contributed by atoms with van der Waals surface area (Å²) in [6, 6.07) is 8.80. The van der Waals surface area contributed by atoms with E-state index in [-0.39, 0.29) is 0 Å². The summed E-state index contributed by atoms with van der Waals surface area (Å²) in [5.41, 5.74) is 3.14. The van der Waals surface area contributed by atoms with Crippen molar-refractivity contribution in [3.63, 3.8) is 0 Å². The van der Waals surface area contributed by atoms with Gasteiger partial charge in [-0.2, -0.15) is 5.10 Å². The highest BCUT2D eigenvalue weighted by atomic mass is 32.2. The van der Waals surface area contributed by atoms with Crippen molar-refractivity contribution >= 4 is 15.9 Å². The molecule has 2 aromatic rings. The summed E-state index contributed by atoms with van der Waals surface area (Å²) in [7, 11) is -3.56. The predicted molar refractivity (Wildman–Crippen MR) is 79.6 cm³/mol. The lowest BCUT2D eigenvalue weighted by molar-refractivity contribution is 0.0981. The van der Waals surface area contributed by atoms with Crippen LogP contribution in [0.15, 0.2) is 30.3 Å². The fourth-order valence-corrected chi connectivity index (χ4v) is 2.50. The van der Waals surface area contributed by atoms with E-state index in [1.54, 1.807) is 18.2 Å². The summed E-state index contributed by atoms with van der Waals surface area (Å²) in [4.78, 5) is 11.8. The first-order valence-electron chi connectivity index (χ1n) is 6.37. The number of carbonyl (C=O) groups excluding carboxylic acids is 1. The van der Waals surface area contributed by atoms with Crippen molar-refractivity contribution in [2.24, 2.45) is 0 Å². The average molecular weight is 307 g/mol. The molecule has 0 unspecified atom stereocenters. The van der Waals surface area contributed by atoms with Gasteiger partial charge < -0.3 is 0 Å². The minimum absolute atomic E-state index is 0.305. The Labute approximate surface area is 123 Å². The van der Waals surface area contributed by atoms with Crippen LogP contribution in [0, 0.1) is 13.8 Å². The molecule has 6 nitrogen and oxygen atoms in total. The van der Waals surface area contributed by atoms with E-state index in [4.69, 9.17) is 0 Å². The van der Waals surface area contributed by atoms with Gasteiger partial charge in [-0.25, -0.2) is 13.1 Å². The Morgan fingerprint density at radius 2 is 2.00 bits per heavy atom. The van der Waals surface area contributed by atoms with Gasteiger partial charge in [0.25, 0.3) is 5.91 Å². The van der Waals surface area contributed by atoms with Crippen molar-refractivity contribution in [2.45, 2.75) is 20.4 Å². The number of rotatable bonds is 4. The largest absolute Gasteiger partial charge is 0.268 e. The van der Waals surface area contributed by atoms with Gasteiger partial charge in [-0.1, -0.05) is 12.1 Å². The molecule has 1 amide bonds. The Bertz CT molecular complexity index is 779. The Balaban J connectivity index is 2.22. The molecule has 0 aliphatic rings. The standard InChI is InChI=1S/C14H17N3O3S/c1-10-7-11(2)17(15-10)9-12-5-4-6-13(8-12)14(18)16-21(3,19)20/h4-8H,9H2,1-3H3,(H,16,18). The van der Waals surface area contributed by atoms with Gasteiger partial charge in [0.15, 0.2) is 0 Å². The van der Waals surface area contributed by atoms with E-state index in [0.717, 1.165) is 23.2 Å². The fourth-order valence-electron chi connectivity index (χ4n) is 2.05. The molecule has 112 valence electrons. The molecule has 2 rings (SSSR count). The predicted octanol–water partition coefficient (Wildman–Crippen LogP) is 1.24. The summed E-state index contributed by atoms with van der Waals surface area (Å²) < 4.78 is 26.0. The van der Waals surface area contributed by atoms with Crippen molar-refractivity contribution in [1.82, 2.24) is 14.5 Å². The molecular weight excluding hydrogens is 290 g/mol. The molecule has 0 saturated carbocycles. The first-order valence-corrected chi connectivity index (χ1v) is 8.26. The van der Waals surface area contributed by atoms with E-state index in [1.807, 2.05) is 35.4 Å². The third kappa shape index (κ3) is 4.16. The van der Waals surface area contributed by atoms with Gasteiger partial charge in [0, 0.05) is 11.3 Å². The van der Waals surface area contributed by atoms with Crippen LogP contribution in [0.5, 0.6) is 0 Å². The lowest BCUT2D eigenvalue weighted by atomic mass is 10.1. The van der Waals surface area contributed by atoms with Crippen molar-refractivity contribution in [3.05, 3.63) is 52.8 Å². The van der Waals surface area contributed by atoms with Gasteiger partial charge >= 0.3 is 0 Å². The third-order valence-electron chi connectivity index (χ3n) is 2.90. The van der Waals surface area contributed by atoms with Crippen LogP contribution < -0.4 is 4.72 Å². The van der Waals surface area contributed by atoms with E-state index in [9.17, 15) is 13.2 Å². The van der Waals surface area contributed by atoms with Crippen LogP contribution in [0.1, 0.15) is 27.3 Å². The molecule has 1 N–H and O–H groups in total. The van der Waals surface area contributed by atoms with E-state index in [0.29, 0.717) is 12.1 Å². The summed E-state index contributed by atoms with van der Waals surface area (Å²) in [5.74, 6) is -0.632. The zero-order valence-corrected chi connectivity index (χ0v) is 12.9. The minimum atomic E-state index is -3.56. The lowest BCUT2D eigenvalue weighted by Gasteiger charge is -2.07. The second kappa shape index (κ2) is 5.69. The second-order valence-electron chi connectivity index (χ2n) is 4.99. The lowest BCUT2D eigenvalue weighted by Crippen LogP contribution is -2.29. The Hall–Kier alpha value is -2.15. The molecule has 1 heterocycles. The first kappa shape index (κ1) is 15.2. The summed E-state index contributed by atoms with van der Waals surface area (Å²) >= 11 is 0. The molecule has 0 saturated heterocycles. The van der Waals surface area contributed by atoms with Crippen LogP contribution >= 0.6 is 0 Å². The Morgan fingerprint density at radius 3 is 2.57 bits per heavy atom. The summed E-state index contributed by atoms with van der Waals surface area (Å²) in [6.45, 7) is 4.40. The van der Waals surface area contributed by atoms with Crippen molar-refractivity contribution < 1.29 is 13.2 Å². The van der Waals surface area contributed by atoms with Gasteiger partial charge in [0.1, 0.15) is 0 Å². The van der Waals surface area contributed by atoms with Crippen molar-refractivity contribution in [1.29, 1.82) is 0 Å². The van der Waals surface area contributed by atoms with Gasteiger partial charge in [0.05, 0.1) is 18.5 Å². The smallest absolute Gasteiger partial charge is 0.264 e. The number of amides is 1. The number of aryl methyl sites for hydroxylation is 2. The number of nitrogens with zero attached hydrogens (tertiary/aromatic N) is 2. The van der Waals surface area contributed by atoms with Crippen LogP contribution in [-0.4, -0.2) is 30.4 Å². The minimum Gasteiger partial charge on any atom is -0.268 e. The van der Waals surface area contributed by atoms with Crippen LogP contribution in [0.3, 0.4) is 0 Å². The van der Waals surface area contributed by atoms with Gasteiger partial charge in [-0.3, -0.25) is 9.48 Å². The van der Waals surface area contributed by atoms with Gasteiger partial charge in [-0.15, -0.1) is 0 Å². The molecule has 0 spiro atoms. The number of benzene rings is 1. The van der Waals surface area contributed by atoms with Crippen LogP contribution in [0.2, 0.25) is 0 Å². The highest BCUT2D eigenvalue weighted by molar-refractivity contribution is 7.89. The highest BCUT2D eigenvalue weighted by Gasteiger charge is 2.11. The zero-order chi connectivity index (χ0) is 15.6. The van der Waals surface area contributed by atoms with Crippen LogP contribution in [0.25, 0.3) is 0 Å². The molecule has 0 aliphatic carbocycles. The molecule has 0 radical (unpaired) electrons. The Kier molecular flexibility index (Phi) is 4.13. The summed E-state index contributed by atoms with van der Waals surface area (Å²) in [6.07, 6.45) is 0.949. The van der Waals surface area contributed by atoms with Crippen LogP contribution in [-0.2, 0) is 16.6 Å². The molecule has 21 heavy (non-hydrogen) atoms. The zero-order valence-electron chi connectivity index (χ0n) is 12.1. The number of sulfonamides is 1. The van der Waals surface area contributed by atoms with E-state index in [2.05, 4.69) is 5.10 Å². The maximum absolute atomic E-state index is 11.8. The first-order chi connectivity index (χ1) is 9.74. The van der Waals surface area contributed by atoms with Gasteiger partial charge in [-0.05, 0) is 37.6 Å². The van der Waals surface area contributed by atoms with Crippen molar-refractivity contribution in [2.75, 3.05) is 6.26 Å². The molecule has 1 aromatic heterocycles. The van der Waals surface area contributed by atoms with E-state index in [1.165, 1.54) is 0 Å². The molecule has 0 atom stereocenters. The van der Waals surface area contributed by atoms with Gasteiger partial charge in [0.2, 0.25) is 10.0 Å². The molecule has 0 fully saturated rings. The SMILES string of the molecule is Cc1cc(C)n(Cc2cccc(C(=O)NS(C)(=O)=O)c2)n1. The number of hydrogen-bond acceptors (Lipinski definition) is 4.